The van der Waals surface area contributed by atoms with E-state index in [-0.39, 0.29) is 5.97 Å². The Bertz CT molecular complexity index is 464. The number of nitrogens with one attached hydrogen (secondary N) is 1. The van der Waals surface area contributed by atoms with Crippen LogP contribution in [0.1, 0.15) is 15.9 Å². The average molecular weight is 376 g/mol. The maximum atomic E-state index is 11.4. The predicted molar refractivity (Wildman–Crippen MR) is 90.8 cm³/mol. The number of benzene rings is 1. The molecule has 1 aromatic rings. The van der Waals surface area contributed by atoms with Gasteiger partial charge in [0.05, 0.1) is 12.7 Å². The van der Waals surface area contributed by atoms with E-state index in [4.69, 9.17) is 4.74 Å². The van der Waals surface area contributed by atoms with Gasteiger partial charge in [0.15, 0.2) is 0 Å². The van der Waals surface area contributed by atoms with Crippen LogP contribution >= 0.6 is 39.5 Å². The molecule has 110 valence electrons. The van der Waals surface area contributed by atoms with Crippen molar-refractivity contribution in [2.24, 2.45) is 0 Å². The summed E-state index contributed by atoms with van der Waals surface area (Å²) in [4.78, 5) is 11.4. The van der Waals surface area contributed by atoms with Crippen molar-refractivity contribution in [3.8, 4) is 0 Å². The molecule has 1 heterocycles. The minimum absolute atomic E-state index is 0.305. The number of carbonyl (C=O) groups is 1. The molecule has 6 heteroatoms. The number of carbonyl (C=O) groups excluding carboxylic acids is 1. The molecule has 0 saturated carbocycles. The molecule has 0 spiro atoms. The second-order valence-electron chi connectivity index (χ2n) is 4.50. The smallest absolute Gasteiger partial charge is 0.337 e. The van der Waals surface area contributed by atoms with Crippen molar-refractivity contribution in [2.75, 3.05) is 30.9 Å². The van der Waals surface area contributed by atoms with Crippen molar-refractivity contribution in [1.29, 1.82) is 0 Å². The van der Waals surface area contributed by atoms with Crippen LogP contribution in [0.2, 0.25) is 0 Å². The topological polar surface area (TPSA) is 38.3 Å². The van der Waals surface area contributed by atoms with Crippen LogP contribution in [0.4, 0.5) is 0 Å². The molecule has 2 rings (SSSR count). The number of hydrogen-bond acceptors (Lipinski definition) is 5. The Hall–Kier alpha value is -0.170. The SMILES string of the molecule is COC(=O)c1ccc(CNCC2CSCCS2)c(Br)c1. The second-order valence-corrected chi connectivity index (χ2v) is 7.91. The molecule has 1 aliphatic heterocycles. The van der Waals surface area contributed by atoms with Crippen LogP contribution in [0.15, 0.2) is 22.7 Å². The van der Waals surface area contributed by atoms with Crippen LogP contribution in [0, 0.1) is 0 Å². The first-order valence-electron chi connectivity index (χ1n) is 6.47. The normalized spacial score (nSPS) is 18.8. The van der Waals surface area contributed by atoms with Gasteiger partial charge in [-0.25, -0.2) is 4.79 Å². The maximum Gasteiger partial charge on any atom is 0.337 e. The molecule has 1 saturated heterocycles. The number of halogens is 1. The van der Waals surface area contributed by atoms with Crippen LogP contribution in [0.5, 0.6) is 0 Å². The Morgan fingerprint density at radius 3 is 3.00 bits per heavy atom. The van der Waals surface area contributed by atoms with Crippen molar-refractivity contribution >= 4 is 45.4 Å². The molecule has 1 N–H and O–H groups in total. The van der Waals surface area contributed by atoms with Crippen LogP contribution in [0.25, 0.3) is 0 Å². The molecular formula is C14H18BrNO2S2. The Morgan fingerprint density at radius 1 is 1.50 bits per heavy atom. The number of hydrogen-bond donors (Lipinski definition) is 1. The lowest BCUT2D eigenvalue weighted by atomic mass is 10.1. The third kappa shape index (κ3) is 4.69. The monoisotopic (exact) mass is 375 g/mol. The fourth-order valence-electron chi connectivity index (χ4n) is 1.96. The minimum Gasteiger partial charge on any atom is -0.465 e. The van der Waals surface area contributed by atoms with E-state index in [0.29, 0.717) is 10.8 Å². The fourth-order valence-corrected chi connectivity index (χ4v) is 5.12. The Balaban J connectivity index is 1.84. The van der Waals surface area contributed by atoms with Gasteiger partial charge in [-0.2, -0.15) is 23.5 Å². The summed E-state index contributed by atoms with van der Waals surface area (Å²) in [5, 5.41) is 4.20. The Kier molecular flexibility index (Phi) is 6.74. The van der Waals surface area contributed by atoms with E-state index in [1.807, 2.05) is 23.9 Å². The first-order chi connectivity index (χ1) is 9.70. The molecule has 0 aromatic heterocycles. The second kappa shape index (κ2) is 8.32. The standard InChI is InChI=1S/C14H18BrNO2S2/c1-18-14(17)10-2-3-11(13(15)6-10)7-16-8-12-9-19-4-5-20-12/h2-3,6,12,16H,4-5,7-9H2,1H3. The first kappa shape index (κ1) is 16.2. The molecule has 1 aromatic carbocycles. The molecule has 0 radical (unpaired) electrons. The van der Waals surface area contributed by atoms with Gasteiger partial charge >= 0.3 is 5.97 Å². The van der Waals surface area contributed by atoms with Crippen molar-refractivity contribution < 1.29 is 9.53 Å². The van der Waals surface area contributed by atoms with Gasteiger partial charge < -0.3 is 10.1 Å². The lowest BCUT2D eigenvalue weighted by molar-refractivity contribution is 0.0600. The summed E-state index contributed by atoms with van der Waals surface area (Å²) < 4.78 is 5.65. The van der Waals surface area contributed by atoms with Gasteiger partial charge in [-0.05, 0) is 17.7 Å². The minimum atomic E-state index is -0.305. The van der Waals surface area contributed by atoms with E-state index in [0.717, 1.165) is 23.1 Å². The Labute approximate surface area is 136 Å². The third-order valence-electron chi connectivity index (χ3n) is 3.05. The molecule has 3 nitrogen and oxygen atoms in total. The third-order valence-corrected chi connectivity index (χ3v) is 6.63. The molecule has 0 bridgehead atoms. The van der Waals surface area contributed by atoms with Crippen molar-refractivity contribution in [3.05, 3.63) is 33.8 Å². The molecule has 1 fully saturated rings. The summed E-state index contributed by atoms with van der Waals surface area (Å²) in [6.45, 7) is 1.84. The van der Waals surface area contributed by atoms with Crippen LogP contribution in [-0.2, 0) is 11.3 Å². The van der Waals surface area contributed by atoms with Gasteiger partial charge in [0, 0.05) is 40.1 Å². The lowest BCUT2D eigenvalue weighted by Crippen LogP contribution is -2.28. The first-order valence-corrected chi connectivity index (χ1v) is 9.47. The van der Waals surface area contributed by atoms with E-state index in [1.165, 1.54) is 24.4 Å². The van der Waals surface area contributed by atoms with E-state index in [1.54, 1.807) is 6.07 Å². The molecule has 1 atom stereocenters. The maximum absolute atomic E-state index is 11.4. The van der Waals surface area contributed by atoms with E-state index < -0.39 is 0 Å². The quantitative estimate of drug-likeness (QED) is 0.800. The largest absolute Gasteiger partial charge is 0.465 e. The van der Waals surface area contributed by atoms with Gasteiger partial charge in [-0.15, -0.1) is 0 Å². The summed E-state index contributed by atoms with van der Waals surface area (Å²) in [5.74, 6) is 3.47. The fraction of sp³-hybridized carbons (Fsp3) is 0.500. The summed E-state index contributed by atoms with van der Waals surface area (Å²) in [6, 6.07) is 5.58. The summed E-state index contributed by atoms with van der Waals surface area (Å²) in [7, 11) is 1.39. The van der Waals surface area contributed by atoms with Crippen LogP contribution in [-0.4, -0.2) is 42.1 Å². The zero-order valence-corrected chi connectivity index (χ0v) is 14.6. The number of rotatable bonds is 5. The highest BCUT2D eigenvalue weighted by Gasteiger charge is 2.14. The van der Waals surface area contributed by atoms with Gasteiger partial charge in [0.1, 0.15) is 0 Å². The van der Waals surface area contributed by atoms with Gasteiger partial charge in [-0.1, -0.05) is 22.0 Å². The Morgan fingerprint density at radius 2 is 2.35 bits per heavy atom. The summed E-state index contributed by atoms with van der Waals surface area (Å²) >= 11 is 7.61. The number of thioether (sulfide) groups is 2. The van der Waals surface area contributed by atoms with Crippen LogP contribution < -0.4 is 5.32 Å². The summed E-state index contributed by atoms with van der Waals surface area (Å²) in [6.07, 6.45) is 0. The van der Waals surface area contributed by atoms with Crippen molar-refractivity contribution in [1.82, 2.24) is 5.32 Å². The molecule has 0 amide bonds. The number of esters is 1. The number of methoxy groups -OCH3 is 1. The summed E-state index contributed by atoms with van der Waals surface area (Å²) in [5.41, 5.74) is 1.73. The van der Waals surface area contributed by atoms with Crippen molar-refractivity contribution in [3.63, 3.8) is 0 Å². The molecule has 0 aliphatic carbocycles. The zero-order chi connectivity index (χ0) is 14.4. The number of ether oxygens (including phenoxy) is 1. The highest BCUT2D eigenvalue weighted by atomic mass is 79.9. The van der Waals surface area contributed by atoms with E-state index >= 15 is 0 Å². The highest BCUT2D eigenvalue weighted by molar-refractivity contribution is 9.10. The zero-order valence-electron chi connectivity index (χ0n) is 11.4. The van der Waals surface area contributed by atoms with Gasteiger partial charge in [0.2, 0.25) is 0 Å². The molecule has 1 unspecified atom stereocenters. The van der Waals surface area contributed by atoms with Gasteiger partial charge in [-0.3, -0.25) is 0 Å². The van der Waals surface area contributed by atoms with E-state index in [9.17, 15) is 4.79 Å². The van der Waals surface area contributed by atoms with Gasteiger partial charge in [0.25, 0.3) is 0 Å². The molecular weight excluding hydrogens is 358 g/mol. The lowest BCUT2D eigenvalue weighted by Gasteiger charge is -2.21. The predicted octanol–water partition coefficient (Wildman–Crippen LogP) is 3.17. The molecule has 20 heavy (non-hydrogen) atoms. The van der Waals surface area contributed by atoms with Crippen LogP contribution in [0.3, 0.4) is 0 Å². The molecule has 1 aliphatic rings. The highest BCUT2D eigenvalue weighted by Crippen LogP contribution is 2.24. The average Bonchev–Trinajstić information content (AvgIpc) is 2.49. The van der Waals surface area contributed by atoms with Crippen molar-refractivity contribution in [2.45, 2.75) is 11.8 Å². The van der Waals surface area contributed by atoms with E-state index in [2.05, 4.69) is 33.0 Å².